The van der Waals surface area contributed by atoms with Crippen LogP contribution >= 0.6 is 0 Å². The second kappa shape index (κ2) is 2.95. The number of hydrogen-bond acceptors (Lipinski definition) is 6. The van der Waals surface area contributed by atoms with Gasteiger partial charge in [-0.3, -0.25) is 0 Å². The van der Waals surface area contributed by atoms with Gasteiger partial charge in [-0.25, -0.2) is 4.63 Å². The quantitative estimate of drug-likeness (QED) is 0.679. The first-order chi connectivity index (χ1) is 6.54. The highest BCUT2D eigenvalue weighted by Crippen LogP contribution is 2.18. The molecule has 0 saturated heterocycles. The lowest BCUT2D eigenvalue weighted by molar-refractivity contribution is 0.315. The molecule has 6 nitrogen and oxygen atoms in total. The molecule has 2 aromatic rings. The number of fused-ring (bicyclic) bond motifs is 1. The zero-order valence-electron chi connectivity index (χ0n) is 7.17. The van der Waals surface area contributed by atoms with E-state index in [0.717, 1.165) is 6.26 Å². The minimum Gasteiger partial charge on any atom is -0.383 e. The molecule has 0 N–H and O–H groups in total. The second-order valence-electron chi connectivity index (χ2n) is 2.70. The Morgan fingerprint density at radius 1 is 1.29 bits per heavy atom. The molecule has 0 spiro atoms. The van der Waals surface area contributed by atoms with Crippen LogP contribution in [0.3, 0.4) is 0 Å². The van der Waals surface area contributed by atoms with E-state index in [1.54, 1.807) is 6.07 Å². The predicted molar refractivity (Wildman–Crippen MR) is 47.3 cm³/mol. The number of rotatable bonds is 2. The van der Waals surface area contributed by atoms with Crippen molar-refractivity contribution in [3.8, 4) is 5.75 Å². The smallest absolute Gasteiger partial charge is 0.306 e. The van der Waals surface area contributed by atoms with Gasteiger partial charge in [-0.15, -0.1) is 0 Å². The molecule has 1 aromatic heterocycles. The molecule has 0 radical (unpaired) electrons. The van der Waals surface area contributed by atoms with Crippen molar-refractivity contribution >= 4 is 21.2 Å². The van der Waals surface area contributed by atoms with Crippen molar-refractivity contribution < 1.29 is 17.2 Å². The van der Waals surface area contributed by atoms with Gasteiger partial charge in [0.15, 0.2) is 0 Å². The van der Waals surface area contributed by atoms with Gasteiger partial charge in [0.1, 0.15) is 16.8 Å². The van der Waals surface area contributed by atoms with Crippen LogP contribution in [0.1, 0.15) is 0 Å². The van der Waals surface area contributed by atoms with E-state index in [1.165, 1.54) is 12.1 Å². The fourth-order valence-corrected chi connectivity index (χ4v) is 1.44. The maximum atomic E-state index is 10.8. The lowest BCUT2D eigenvalue weighted by atomic mass is 10.3. The summed E-state index contributed by atoms with van der Waals surface area (Å²) in [6.07, 6.45) is 0.970. The average molecular weight is 214 g/mol. The highest BCUT2D eigenvalue weighted by molar-refractivity contribution is 7.86. The molecule has 7 heteroatoms. The molecule has 14 heavy (non-hydrogen) atoms. The van der Waals surface area contributed by atoms with Gasteiger partial charge in [0.25, 0.3) is 0 Å². The van der Waals surface area contributed by atoms with Crippen LogP contribution in [0.5, 0.6) is 5.75 Å². The summed E-state index contributed by atoms with van der Waals surface area (Å²) in [4.78, 5) is 0. The van der Waals surface area contributed by atoms with E-state index in [9.17, 15) is 8.42 Å². The minimum atomic E-state index is -3.51. The van der Waals surface area contributed by atoms with Crippen molar-refractivity contribution in [3.05, 3.63) is 18.2 Å². The van der Waals surface area contributed by atoms with E-state index < -0.39 is 10.1 Å². The Hall–Kier alpha value is -1.63. The van der Waals surface area contributed by atoms with Crippen molar-refractivity contribution in [2.75, 3.05) is 6.26 Å². The van der Waals surface area contributed by atoms with Crippen LogP contribution in [-0.4, -0.2) is 25.0 Å². The van der Waals surface area contributed by atoms with Crippen LogP contribution in [0.2, 0.25) is 0 Å². The Kier molecular flexibility index (Phi) is 1.88. The fourth-order valence-electron chi connectivity index (χ4n) is 0.989. The summed E-state index contributed by atoms with van der Waals surface area (Å²) in [6, 6.07) is 4.48. The molecule has 1 aromatic carbocycles. The summed E-state index contributed by atoms with van der Waals surface area (Å²) in [5.74, 6) is 0.190. The zero-order chi connectivity index (χ0) is 10.2. The average Bonchev–Trinajstić information content (AvgIpc) is 2.47. The Morgan fingerprint density at radius 3 is 2.71 bits per heavy atom. The maximum Gasteiger partial charge on any atom is 0.306 e. The van der Waals surface area contributed by atoms with Crippen molar-refractivity contribution in [1.29, 1.82) is 0 Å². The monoisotopic (exact) mass is 214 g/mol. The summed E-state index contributed by atoms with van der Waals surface area (Å²) in [5.41, 5.74) is 0.997. The van der Waals surface area contributed by atoms with Crippen LogP contribution in [0.15, 0.2) is 22.8 Å². The van der Waals surface area contributed by atoms with E-state index in [-0.39, 0.29) is 5.75 Å². The molecule has 0 aliphatic rings. The first kappa shape index (κ1) is 8.95. The summed E-state index contributed by atoms with van der Waals surface area (Å²) >= 11 is 0. The lowest BCUT2D eigenvalue weighted by Crippen LogP contribution is -2.05. The first-order valence-electron chi connectivity index (χ1n) is 3.66. The van der Waals surface area contributed by atoms with Gasteiger partial charge in [0.05, 0.1) is 6.26 Å². The molecule has 74 valence electrons. The normalized spacial score (nSPS) is 11.8. The second-order valence-corrected chi connectivity index (χ2v) is 4.28. The molecule has 0 atom stereocenters. The van der Waals surface area contributed by atoms with Crippen LogP contribution in [0.4, 0.5) is 0 Å². The molecular formula is C7H6N2O4S. The molecule has 0 bridgehead atoms. The van der Waals surface area contributed by atoms with E-state index in [0.29, 0.717) is 11.0 Å². The Bertz CT molecular complexity index is 560. The van der Waals surface area contributed by atoms with Gasteiger partial charge in [-0.1, -0.05) is 0 Å². The third-order valence-corrected chi connectivity index (χ3v) is 1.97. The van der Waals surface area contributed by atoms with E-state index in [4.69, 9.17) is 0 Å². The van der Waals surface area contributed by atoms with Gasteiger partial charge in [0.2, 0.25) is 0 Å². The van der Waals surface area contributed by atoms with Gasteiger partial charge in [-0.05, 0) is 22.4 Å². The largest absolute Gasteiger partial charge is 0.383 e. The topological polar surface area (TPSA) is 82.3 Å². The summed E-state index contributed by atoms with van der Waals surface area (Å²) in [6.45, 7) is 0. The number of hydrogen-bond donors (Lipinski definition) is 0. The van der Waals surface area contributed by atoms with Crippen molar-refractivity contribution in [1.82, 2.24) is 10.3 Å². The molecule has 0 unspecified atom stereocenters. The SMILES string of the molecule is CS(=O)(=O)Oc1ccc2nonc2c1. The summed E-state index contributed by atoms with van der Waals surface area (Å²) in [7, 11) is -3.51. The summed E-state index contributed by atoms with van der Waals surface area (Å²) in [5, 5.41) is 7.11. The minimum absolute atomic E-state index is 0.190. The van der Waals surface area contributed by atoms with Crippen LogP contribution < -0.4 is 4.18 Å². The molecule has 0 saturated carbocycles. The number of benzene rings is 1. The summed E-state index contributed by atoms with van der Waals surface area (Å²) < 4.78 is 30.7. The molecule has 2 rings (SSSR count). The molecule has 0 aliphatic heterocycles. The molecule has 0 amide bonds. The van der Waals surface area contributed by atoms with Crippen LogP contribution in [0.25, 0.3) is 11.0 Å². The lowest BCUT2D eigenvalue weighted by Gasteiger charge is -2.00. The maximum absolute atomic E-state index is 10.8. The molecule has 0 aliphatic carbocycles. The molecular weight excluding hydrogens is 208 g/mol. The highest BCUT2D eigenvalue weighted by Gasteiger charge is 2.07. The third-order valence-electron chi connectivity index (χ3n) is 1.47. The van der Waals surface area contributed by atoms with Crippen molar-refractivity contribution in [2.45, 2.75) is 0 Å². The number of nitrogens with zero attached hydrogens (tertiary/aromatic N) is 2. The van der Waals surface area contributed by atoms with E-state index in [2.05, 4.69) is 19.1 Å². The van der Waals surface area contributed by atoms with Crippen LogP contribution in [0, 0.1) is 0 Å². The first-order valence-corrected chi connectivity index (χ1v) is 5.48. The predicted octanol–water partition coefficient (Wildman–Crippen LogP) is 0.561. The van der Waals surface area contributed by atoms with Crippen molar-refractivity contribution in [2.24, 2.45) is 0 Å². The fraction of sp³-hybridized carbons (Fsp3) is 0.143. The number of aromatic nitrogens is 2. The van der Waals surface area contributed by atoms with Gasteiger partial charge < -0.3 is 4.18 Å². The van der Waals surface area contributed by atoms with Crippen LogP contribution in [-0.2, 0) is 10.1 Å². The molecule has 0 fully saturated rings. The zero-order valence-corrected chi connectivity index (χ0v) is 7.98. The standard InChI is InChI=1S/C7H6N2O4S/c1-14(10,11)12-5-2-3-6-7(4-5)9-13-8-6/h2-4H,1H3. The molecule has 1 heterocycles. The van der Waals surface area contributed by atoms with Gasteiger partial charge in [0, 0.05) is 6.07 Å². The van der Waals surface area contributed by atoms with Crippen molar-refractivity contribution in [3.63, 3.8) is 0 Å². The Balaban J connectivity index is 2.44. The van der Waals surface area contributed by atoms with E-state index >= 15 is 0 Å². The van der Waals surface area contributed by atoms with Gasteiger partial charge in [-0.2, -0.15) is 8.42 Å². The Morgan fingerprint density at radius 2 is 2.00 bits per heavy atom. The highest BCUT2D eigenvalue weighted by atomic mass is 32.2. The van der Waals surface area contributed by atoms with E-state index in [1.807, 2.05) is 0 Å². The Labute approximate surface area is 79.6 Å². The third kappa shape index (κ3) is 1.82. The van der Waals surface area contributed by atoms with Gasteiger partial charge >= 0.3 is 10.1 Å².